The van der Waals surface area contributed by atoms with Crippen molar-refractivity contribution in [3.05, 3.63) is 34.9 Å². The van der Waals surface area contributed by atoms with Gasteiger partial charge < -0.3 is 15.5 Å². The predicted octanol–water partition coefficient (Wildman–Crippen LogP) is 3.10. The van der Waals surface area contributed by atoms with Gasteiger partial charge in [-0.2, -0.15) is 0 Å². The third kappa shape index (κ3) is 6.68. The van der Waals surface area contributed by atoms with E-state index in [9.17, 15) is 24.0 Å². The number of benzene rings is 1. The standard InChI is InChI=1S/C30H40N4O5/c35-26-13-12-25(29(38)33-26)34-18-22-14-21(10-11-23(22)30(34)39)17-31-28(37)24(15-19-6-2-1-3-7-19)32-27(36)16-20-8-4-5-9-20/h10-11,14,19-20,24-25H,1-9,12-13,15-18H2,(H,31,37)(H,32,36)(H,33,35,38)/t24-,25?/m0/s1. The summed E-state index contributed by atoms with van der Waals surface area (Å²) in [7, 11) is 0. The Morgan fingerprint density at radius 1 is 0.949 bits per heavy atom. The second-order valence-corrected chi connectivity index (χ2v) is 11.8. The molecule has 9 heteroatoms. The van der Waals surface area contributed by atoms with E-state index in [1.54, 1.807) is 6.07 Å². The van der Waals surface area contributed by atoms with Crippen molar-refractivity contribution >= 4 is 29.5 Å². The highest BCUT2D eigenvalue weighted by Crippen LogP contribution is 2.30. The van der Waals surface area contributed by atoms with Crippen molar-refractivity contribution in [3.63, 3.8) is 0 Å². The summed E-state index contributed by atoms with van der Waals surface area (Å²) in [5.74, 6) is -0.270. The van der Waals surface area contributed by atoms with Gasteiger partial charge in [0.2, 0.25) is 23.6 Å². The zero-order chi connectivity index (χ0) is 27.4. The first-order valence-electron chi connectivity index (χ1n) is 14.7. The summed E-state index contributed by atoms with van der Waals surface area (Å²) in [6.07, 6.45) is 12.1. The van der Waals surface area contributed by atoms with Crippen LogP contribution in [0.2, 0.25) is 0 Å². The lowest BCUT2D eigenvalue weighted by Gasteiger charge is -2.29. The van der Waals surface area contributed by atoms with E-state index in [1.165, 1.54) is 37.0 Å². The zero-order valence-corrected chi connectivity index (χ0v) is 22.6. The molecule has 0 bridgehead atoms. The molecule has 2 heterocycles. The second-order valence-electron chi connectivity index (χ2n) is 11.8. The first kappa shape index (κ1) is 27.3. The second kappa shape index (κ2) is 12.3. The third-order valence-electron chi connectivity index (χ3n) is 8.95. The number of fused-ring (bicyclic) bond motifs is 1. The lowest BCUT2D eigenvalue weighted by Crippen LogP contribution is -2.52. The van der Waals surface area contributed by atoms with Crippen molar-refractivity contribution in [2.45, 2.75) is 109 Å². The van der Waals surface area contributed by atoms with Gasteiger partial charge in [-0.25, -0.2) is 0 Å². The fourth-order valence-electron chi connectivity index (χ4n) is 6.77. The molecule has 0 aromatic heterocycles. The Morgan fingerprint density at radius 3 is 2.41 bits per heavy atom. The molecular formula is C30H40N4O5. The van der Waals surface area contributed by atoms with E-state index >= 15 is 0 Å². The summed E-state index contributed by atoms with van der Waals surface area (Å²) in [6, 6.07) is 4.27. The minimum absolute atomic E-state index is 0.0255. The van der Waals surface area contributed by atoms with Gasteiger partial charge >= 0.3 is 0 Å². The Bertz CT molecular complexity index is 1120. The number of nitrogens with zero attached hydrogens (tertiary/aromatic N) is 1. The SMILES string of the molecule is O=C1CCC(N2Cc3cc(CNC(=O)[C@H](CC4CCCCC4)NC(=O)CC4CCCC4)ccc3C2=O)C(=O)N1. The van der Waals surface area contributed by atoms with Crippen LogP contribution >= 0.6 is 0 Å². The molecule has 4 aliphatic rings. The number of rotatable bonds is 9. The van der Waals surface area contributed by atoms with E-state index in [1.807, 2.05) is 12.1 Å². The number of hydrogen-bond acceptors (Lipinski definition) is 5. The van der Waals surface area contributed by atoms with Crippen LogP contribution in [0.25, 0.3) is 0 Å². The lowest BCUT2D eigenvalue weighted by molar-refractivity contribution is -0.137. The minimum atomic E-state index is -0.654. The molecule has 3 N–H and O–H groups in total. The molecule has 1 aromatic rings. The van der Waals surface area contributed by atoms with E-state index in [2.05, 4.69) is 16.0 Å². The van der Waals surface area contributed by atoms with Crippen LogP contribution in [0.5, 0.6) is 0 Å². The molecule has 1 aromatic carbocycles. The first-order chi connectivity index (χ1) is 18.9. The van der Waals surface area contributed by atoms with Gasteiger partial charge in [0.1, 0.15) is 12.1 Å². The summed E-state index contributed by atoms with van der Waals surface area (Å²) >= 11 is 0. The highest BCUT2D eigenvalue weighted by Gasteiger charge is 2.39. The topological polar surface area (TPSA) is 125 Å². The van der Waals surface area contributed by atoms with Crippen molar-refractivity contribution in [1.82, 2.24) is 20.9 Å². The first-order valence-corrected chi connectivity index (χ1v) is 14.7. The van der Waals surface area contributed by atoms with Gasteiger partial charge in [-0.3, -0.25) is 29.3 Å². The molecule has 39 heavy (non-hydrogen) atoms. The summed E-state index contributed by atoms with van der Waals surface area (Å²) in [5.41, 5.74) is 2.21. The average Bonchev–Trinajstić information content (AvgIpc) is 3.55. The maximum atomic E-state index is 13.3. The predicted molar refractivity (Wildman–Crippen MR) is 144 cm³/mol. The van der Waals surface area contributed by atoms with Crippen LogP contribution in [0, 0.1) is 11.8 Å². The van der Waals surface area contributed by atoms with E-state index in [-0.39, 0.29) is 30.0 Å². The highest BCUT2D eigenvalue weighted by atomic mass is 16.2. The number of carbonyl (C=O) groups excluding carboxylic acids is 5. The fourth-order valence-corrected chi connectivity index (χ4v) is 6.77. The van der Waals surface area contributed by atoms with Crippen LogP contribution in [0.3, 0.4) is 0 Å². The molecule has 5 amide bonds. The van der Waals surface area contributed by atoms with E-state index < -0.39 is 18.0 Å². The monoisotopic (exact) mass is 536 g/mol. The maximum Gasteiger partial charge on any atom is 0.255 e. The number of piperidine rings is 1. The highest BCUT2D eigenvalue weighted by molar-refractivity contribution is 6.05. The largest absolute Gasteiger partial charge is 0.350 e. The summed E-state index contributed by atoms with van der Waals surface area (Å²) in [6.45, 7) is 0.585. The molecule has 0 radical (unpaired) electrons. The van der Waals surface area contributed by atoms with Crippen LogP contribution in [0.1, 0.15) is 105 Å². The van der Waals surface area contributed by atoms with Crippen molar-refractivity contribution in [2.24, 2.45) is 11.8 Å². The molecule has 2 atom stereocenters. The number of hydrogen-bond donors (Lipinski definition) is 3. The Hall–Kier alpha value is -3.23. The van der Waals surface area contributed by atoms with Gasteiger partial charge in [0.05, 0.1) is 0 Å². The molecule has 1 saturated heterocycles. The minimum Gasteiger partial charge on any atom is -0.350 e. The zero-order valence-electron chi connectivity index (χ0n) is 22.6. The van der Waals surface area contributed by atoms with Gasteiger partial charge in [-0.15, -0.1) is 0 Å². The van der Waals surface area contributed by atoms with Gasteiger partial charge in [0.25, 0.3) is 5.91 Å². The molecule has 3 fully saturated rings. The molecule has 210 valence electrons. The average molecular weight is 537 g/mol. The number of nitrogens with one attached hydrogen (secondary N) is 3. The number of amides is 5. The summed E-state index contributed by atoms with van der Waals surface area (Å²) in [5, 5.41) is 8.40. The van der Waals surface area contributed by atoms with Gasteiger partial charge in [0, 0.05) is 31.5 Å². The van der Waals surface area contributed by atoms with Crippen LogP contribution in [0.15, 0.2) is 18.2 Å². The third-order valence-corrected chi connectivity index (χ3v) is 8.95. The Labute approximate surface area is 229 Å². The Balaban J connectivity index is 1.20. The van der Waals surface area contributed by atoms with Crippen molar-refractivity contribution in [1.29, 1.82) is 0 Å². The normalized spacial score (nSPS) is 22.9. The van der Waals surface area contributed by atoms with Crippen LogP contribution in [-0.2, 0) is 32.3 Å². The van der Waals surface area contributed by atoms with E-state index in [0.29, 0.717) is 49.8 Å². The fraction of sp³-hybridized carbons (Fsp3) is 0.633. The summed E-state index contributed by atoms with van der Waals surface area (Å²) < 4.78 is 0. The van der Waals surface area contributed by atoms with E-state index in [4.69, 9.17) is 0 Å². The van der Waals surface area contributed by atoms with Crippen molar-refractivity contribution in [3.8, 4) is 0 Å². The number of carbonyl (C=O) groups is 5. The summed E-state index contributed by atoms with van der Waals surface area (Å²) in [4.78, 5) is 64.4. The Morgan fingerprint density at radius 2 is 1.67 bits per heavy atom. The molecule has 2 saturated carbocycles. The molecule has 9 nitrogen and oxygen atoms in total. The Kier molecular flexibility index (Phi) is 8.63. The molecule has 2 aliphatic heterocycles. The van der Waals surface area contributed by atoms with Crippen LogP contribution in [-0.4, -0.2) is 46.5 Å². The van der Waals surface area contributed by atoms with Crippen molar-refractivity contribution in [2.75, 3.05) is 0 Å². The van der Waals surface area contributed by atoms with Crippen LogP contribution < -0.4 is 16.0 Å². The van der Waals surface area contributed by atoms with Gasteiger partial charge in [-0.05, 0) is 54.7 Å². The molecule has 1 unspecified atom stereocenters. The quantitative estimate of drug-likeness (QED) is 0.419. The molecule has 0 spiro atoms. The van der Waals surface area contributed by atoms with E-state index in [0.717, 1.165) is 36.8 Å². The van der Waals surface area contributed by atoms with Gasteiger partial charge in [0.15, 0.2) is 0 Å². The van der Waals surface area contributed by atoms with Gasteiger partial charge in [-0.1, -0.05) is 57.1 Å². The number of imide groups is 1. The molecule has 5 rings (SSSR count). The van der Waals surface area contributed by atoms with Crippen LogP contribution in [0.4, 0.5) is 0 Å². The molecular weight excluding hydrogens is 496 g/mol. The molecule has 2 aliphatic carbocycles. The lowest BCUT2D eigenvalue weighted by atomic mass is 9.84. The smallest absolute Gasteiger partial charge is 0.255 e. The maximum absolute atomic E-state index is 13.3. The van der Waals surface area contributed by atoms with Crippen molar-refractivity contribution < 1.29 is 24.0 Å².